The summed E-state index contributed by atoms with van der Waals surface area (Å²) < 4.78 is 25.9. The van der Waals surface area contributed by atoms with Gasteiger partial charge < -0.3 is 5.32 Å². The largest absolute Gasteiger partial charge is 0.317 e. The lowest BCUT2D eigenvalue weighted by atomic mass is 10.1. The highest BCUT2D eigenvalue weighted by molar-refractivity contribution is 7.89. The van der Waals surface area contributed by atoms with Gasteiger partial charge >= 0.3 is 0 Å². The van der Waals surface area contributed by atoms with Crippen LogP contribution in [-0.4, -0.2) is 38.6 Å². The molecule has 0 bridgehead atoms. The molecule has 0 saturated carbocycles. The Morgan fingerprint density at radius 3 is 2.70 bits per heavy atom. The lowest BCUT2D eigenvalue weighted by molar-refractivity contribution is 0.397. The van der Waals surface area contributed by atoms with Crippen LogP contribution in [-0.2, 0) is 10.0 Å². The van der Waals surface area contributed by atoms with Gasteiger partial charge in [0.25, 0.3) is 0 Å². The molecule has 20 heavy (non-hydrogen) atoms. The summed E-state index contributed by atoms with van der Waals surface area (Å²) in [5, 5.41) is 3.75. The van der Waals surface area contributed by atoms with E-state index < -0.39 is 10.0 Å². The van der Waals surface area contributed by atoms with Crippen molar-refractivity contribution in [1.82, 2.24) is 9.62 Å². The van der Waals surface area contributed by atoms with Crippen molar-refractivity contribution < 1.29 is 8.42 Å². The fraction of sp³-hybridized carbons (Fsp3) is 0.571. The molecule has 6 heteroatoms. The Bertz CT molecular complexity index is 520. The van der Waals surface area contributed by atoms with E-state index in [1.54, 1.807) is 19.2 Å². The number of hydrogen-bond donors (Lipinski definition) is 1. The number of nitrogens with zero attached hydrogens (tertiary/aromatic N) is 1. The molecule has 0 heterocycles. The van der Waals surface area contributed by atoms with E-state index in [0.717, 1.165) is 18.7 Å². The minimum atomic E-state index is -3.25. The molecule has 1 unspecified atom stereocenters. The average molecular weight is 319 g/mol. The van der Waals surface area contributed by atoms with Gasteiger partial charge in [0.1, 0.15) is 0 Å². The molecule has 0 aliphatic heterocycles. The molecule has 0 saturated heterocycles. The van der Waals surface area contributed by atoms with Gasteiger partial charge in [-0.05, 0) is 44.1 Å². The van der Waals surface area contributed by atoms with Crippen LogP contribution in [0.15, 0.2) is 24.3 Å². The van der Waals surface area contributed by atoms with Crippen molar-refractivity contribution in [2.45, 2.75) is 26.3 Å². The number of rotatable bonds is 8. The molecule has 1 N–H and O–H groups in total. The van der Waals surface area contributed by atoms with E-state index in [1.165, 1.54) is 4.31 Å². The molecule has 1 rings (SSSR count). The monoisotopic (exact) mass is 318 g/mol. The Hall–Kier alpha value is -0.620. The van der Waals surface area contributed by atoms with Crippen LogP contribution in [0.25, 0.3) is 0 Å². The average Bonchev–Trinajstić information content (AvgIpc) is 2.42. The van der Waals surface area contributed by atoms with Crippen molar-refractivity contribution in [2.24, 2.45) is 0 Å². The summed E-state index contributed by atoms with van der Waals surface area (Å²) in [6, 6.07) is 7.08. The maximum absolute atomic E-state index is 12.3. The van der Waals surface area contributed by atoms with Crippen molar-refractivity contribution in [1.29, 1.82) is 0 Å². The second-order valence-electron chi connectivity index (χ2n) is 4.77. The first kappa shape index (κ1) is 17.4. The van der Waals surface area contributed by atoms with Crippen LogP contribution in [0.2, 0.25) is 5.02 Å². The lowest BCUT2D eigenvalue weighted by Gasteiger charge is -2.24. The van der Waals surface area contributed by atoms with Gasteiger partial charge in [0.05, 0.1) is 5.75 Å². The summed E-state index contributed by atoms with van der Waals surface area (Å²) in [4.78, 5) is 0. The van der Waals surface area contributed by atoms with Crippen LogP contribution < -0.4 is 5.32 Å². The highest BCUT2D eigenvalue weighted by atomic mass is 35.5. The topological polar surface area (TPSA) is 49.4 Å². The van der Waals surface area contributed by atoms with Gasteiger partial charge in [-0.1, -0.05) is 30.7 Å². The molecule has 0 spiro atoms. The van der Waals surface area contributed by atoms with Crippen molar-refractivity contribution in [3.05, 3.63) is 34.9 Å². The Morgan fingerprint density at radius 1 is 1.40 bits per heavy atom. The zero-order valence-corrected chi connectivity index (χ0v) is 13.8. The van der Waals surface area contributed by atoms with Gasteiger partial charge in [-0.3, -0.25) is 0 Å². The zero-order valence-electron chi connectivity index (χ0n) is 12.3. The Kier molecular flexibility index (Phi) is 6.95. The fourth-order valence-electron chi connectivity index (χ4n) is 1.92. The maximum Gasteiger partial charge on any atom is 0.214 e. The van der Waals surface area contributed by atoms with Crippen molar-refractivity contribution in [2.75, 3.05) is 25.9 Å². The first-order valence-electron chi connectivity index (χ1n) is 6.80. The van der Waals surface area contributed by atoms with Crippen LogP contribution in [0.3, 0.4) is 0 Å². The van der Waals surface area contributed by atoms with Gasteiger partial charge in [-0.2, -0.15) is 4.31 Å². The highest BCUT2D eigenvalue weighted by Gasteiger charge is 2.23. The van der Waals surface area contributed by atoms with Crippen LogP contribution in [0.1, 0.15) is 31.9 Å². The summed E-state index contributed by atoms with van der Waals surface area (Å²) >= 11 is 5.95. The summed E-state index contributed by atoms with van der Waals surface area (Å²) in [7, 11) is -1.63. The number of halogens is 1. The van der Waals surface area contributed by atoms with Gasteiger partial charge in [0.2, 0.25) is 10.0 Å². The molecule has 0 aliphatic rings. The van der Waals surface area contributed by atoms with Gasteiger partial charge in [0, 0.05) is 18.1 Å². The van der Waals surface area contributed by atoms with E-state index in [2.05, 4.69) is 5.32 Å². The first-order chi connectivity index (χ1) is 9.38. The number of benzene rings is 1. The van der Waals surface area contributed by atoms with Gasteiger partial charge in [-0.25, -0.2) is 8.42 Å². The number of hydrogen-bond acceptors (Lipinski definition) is 3. The Morgan fingerprint density at radius 2 is 2.10 bits per heavy atom. The molecule has 1 aromatic carbocycles. The van der Waals surface area contributed by atoms with E-state index in [-0.39, 0.29) is 11.8 Å². The minimum absolute atomic E-state index is 0.154. The number of nitrogens with one attached hydrogen (secondary N) is 1. The van der Waals surface area contributed by atoms with E-state index in [1.807, 2.05) is 26.0 Å². The summed E-state index contributed by atoms with van der Waals surface area (Å²) in [6.45, 7) is 5.44. The van der Waals surface area contributed by atoms with Crippen LogP contribution in [0.5, 0.6) is 0 Å². The quantitative estimate of drug-likeness (QED) is 0.750. The molecular formula is C14H23ClN2O2S. The normalized spacial score (nSPS) is 13.7. The Balaban J connectivity index is 2.69. The number of sulfonamides is 1. The maximum atomic E-state index is 12.3. The van der Waals surface area contributed by atoms with E-state index in [0.29, 0.717) is 11.4 Å². The predicted molar refractivity (Wildman–Crippen MR) is 84.6 cm³/mol. The van der Waals surface area contributed by atoms with E-state index in [4.69, 9.17) is 11.6 Å². The zero-order chi connectivity index (χ0) is 15.2. The summed E-state index contributed by atoms with van der Waals surface area (Å²) in [5.74, 6) is 0.154. The molecule has 0 fully saturated rings. The third kappa shape index (κ3) is 5.05. The van der Waals surface area contributed by atoms with E-state index in [9.17, 15) is 8.42 Å². The van der Waals surface area contributed by atoms with Crippen LogP contribution >= 0.6 is 11.6 Å². The van der Waals surface area contributed by atoms with Crippen molar-refractivity contribution in [3.63, 3.8) is 0 Å². The lowest BCUT2D eigenvalue weighted by Crippen LogP contribution is -2.32. The van der Waals surface area contributed by atoms with Crippen molar-refractivity contribution >= 4 is 21.6 Å². The second kappa shape index (κ2) is 7.98. The SMILES string of the molecule is CCNCCCS(=O)(=O)N(C)C(C)c1cccc(Cl)c1. The first-order valence-corrected chi connectivity index (χ1v) is 8.79. The smallest absolute Gasteiger partial charge is 0.214 e. The molecule has 1 aromatic rings. The van der Waals surface area contributed by atoms with Gasteiger partial charge in [0.15, 0.2) is 0 Å². The second-order valence-corrected chi connectivity index (χ2v) is 7.35. The molecule has 0 radical (unpaired) electrons. The summed E-state index contributed by atoms with van der Waals surface area (Å²) in [5.41, 5.74) is 0.898. The van der Waals surface area contributed by atoms with E-state index >= 15 is 0 Å². The standard InChI is InChI=1S/C14H23ClN2O2S/c1-4-16-9-6-10-20(18,19)17(3)12(2)13-7-5-8-14(15)11-13/h5,7-8,11-12,16H,4,6,9-10H2,1-3H3. The molecule has 4 nitrogen and oxygen atoms in total. The third-order valence-corrected chi connectivity index (χ3v) is 5.55. The highest BCUT2D eigenvalue weighted by Crippen LogP contribution is 2.24. The molecule has 0 aliphatic carbocycles. The molecule has 0 aromatic heterocycles. The van der Waals surface area contributed by atoms with Crippen LogP contribution in [0.4, 0.5) is 0 Å². The van der Waals surface area contributed by atoms with Gasteiger partial charge in [-0.15, -0.1) is 0 Å². The molecule has 0 amide bonds. The van der Waals surface area contributed by atoms with Crippen molar-refractivity contribution in [3.8, 4) is 0 Å². The molecule has 1 atom stereocenters. The summed E-state index contributed by atoms with van der Waals surface area (Å²) in [6.07, 6.45) is 0.614. The predicted octanol–water partition coefficient (Wildman–Crippen LogP) is 2.66. The molecule has 114 valence electrons. The third-order valence-electron chi connectivity index (χ3n) is 3.32. The fourth-order valence-corrected chi connectivity index (χ4v) is 3.52. The Labute approximate surface area is 127 Å². The minimum Gasteiger partial charge on any atom is -0.317 e. The molecular weight excluding hydrogens is 296 g/mol. The van der Waals surface area contributed by atoms with Crippen LogP contribution in [0, 0.1) is 0 Å².